The van der Waals surface area contributed by atoms with E-state index < -0.39 is 0 Å². The molecule has 0 aliphatic carbocycles. The summed E-state index contributed by atoms with van der Waals surface area (Å²) < 4.78 is 1.92. The Morgan fingerprint density at radius 3 is 2.83 bits per heavy atom. The summed E-state index contributed by atoms with van der Waals surface area (Å²) in [4.78, 5) is 12.3. The average molecular weight is 326 g/mol. The second-order valence-electron chi connectivity index (χ2n) is 6.59. The van der Waals surface area contributed by atoms with E-state index in [0.29, 0.717) is 12.3 Å². The highest BCUT2D eigenvalue weighted by molar-refractivity contribution is 5.79. The Kier molecular flexibility index (Phi) is 5.30. The molecule has 1 atom stereocenters. The van der Waals surface area contributed by atoms with Crippen molar-refractivity contribution in [2.24, 2.45) is 5.92 Å². The molecule has 1 aliphatic heterocycles. The number of hydrogen-bond acceptors (Lipinski definition) is 3. The predicted octanol–water partition coefficient (Wildman–Crippen LogP) is 2.15. The third kappa shape index (κ3) is 3.85. The van der Waals surface area contributed by atoms with Gasteiger partial charge in [-0.25, -0.2) is 4.68 Å². The summed E-state index contributed by atoms with van der Waals surface area (Å²) in [5.74, 6) is 0.635. The van der Waals surface area contributed by atoms with Gasteiger partial charge in [-0.1, -0.05) is 18.2 Å². The Hall–Kier alpha value is -2.14. The molecule has 0 bridgehead atoms. The van der Waals surface area contributed by atoms with Gasteiger partial charge in [0.1, 0.15) is 0 Å². The molecule has 5 heteroatoms. The van der Waals surface area contributed by atoms with Gasteiger partial charge in [0.25, 0.3) is 0 Å². The van der Waals surface area contributed by atoms with E-state index >= 15 is 0 Å². The fourth-order valence-corrected chi connectivity index (χ4v) is 3.33. The van der Waals surface area contributed by atoms with Gasteiger partial charge in [0.15, 0.2) is 0 Å². The van der Waals surface area contributed by atoms with Crippen LogP contribution in [-0.2, 0) is 11.2 Å². The van der Waals surface area contributed by atoms with E-state index in [2.05, 4.69) is 15.7 Å². The Balaban J connectivity index is 1.64. The fourth-order valence-electron chi connectivity index (χ4n) is 3.33. The number of amides is 1. The van der Waals surface area contributed by atoms with Gasteiger partial charge in [-0.15, -0.1) is 0 Å². The van der Waals surface area contributed by atoms with Crippen molar-refractivity contribution in [3.05, 3.63) is 47.3 Å². The minimum Gasteiger partial charge on any atom is -0.355 e. The Labute approximate surface area is 143 Å². The lowest BCUT2D eigenvalue weighted by Gasteiger charge is -2.22. The molecule has 2 heterocycles. The number of nitrogens with zero attached hydrogens (tertiary/aromatic N) is 2. The number of carbonyl (C=O) groups is 1. The number of para-hydroxylation sites is 1. The van der Waals surface area contributed by atoms with Crippen molar-refractivity contribution in [1.29, 1.82) is 0 Å². The van der Waals surface area contributed by atoms with Crippen LogP contribution in [0.4, 0.5) is 0 Å². The Morgan fingerprint density at radius 1 is 1.33 bits per heavy atom. The second kappa shape index (κ2) is 7.62. The monoisotopic (exact) mass is 326 g/mol. The summed E-state index contributed by atoms with van der Waals surface area (Å²) in [5, 5.41) is 11.1. The van der Waals surface area contributed by atoms with Crippen LogP contribution >= 0.6 is 0 Å². The first-order chi connectivity index (χ1) is 11.6. The number of nitrogens with one attached hydrogen (secondary N) is 2. The molecule has 24 heavy (non-hydrogen) atoms. The van der Waals surface area contributed by atoms with Crippen molar-refractivity contribution in [1.82, 2.24) is 20.4 Å². The van der Waals surface area contributed by atoms with E-state index in [4.69, 9.17) is 0 Å². The number of aryl methyl sites for hydroxylation is 1. The summed E-state index contributed by atoms with van der Waals surface area (Å²) in [6.45, 7) is 6.86. The normalized spacial score (nSPS) is 17.7. The maximum absolute atomic E-state index is 12.3. The highest BCUT2D eigenvalue weighted by atomic mass is 16.1. The van der Waals surface area contributed by atoms with Crippen molar-refractivity contribution in [3.63, 3.8) is 0 Å². The zero-order valence-electron chi connectivity index (χ0n) is 14.5. The Morgan fingerprint density at radius 2 is 2.12 bits per heavy atom. The zero-order chi connectivity index (χ0) is 16.9. The van der Waals surface area contributed by atoms with E-state index in [-0.39, 0.29) is 5.91 Å². The van der Waals surface area contributed by atoms with Crippen LogP contribution in [0.15, 0.2) is 30.3 Å². The van der Waals surface area contributed by atoms with E-state index in [1.807, 2.05) is 48.9 Å². The smallest absolute Gasteiger partial charge is 0.224 e. The van der Waals surface area contributed by atoms with Crippen LogP contribution in [-0.4, -0.2) is 35.3 Å². The number of carbonyl (C=O) groups excluding carboxylic acids is 1. The summed E-state index contributed by atoms with van der Waals surface area (Å²) in [7, 11) is 0. The lowest BCUT2D eigenvalue weighted by Crippen LogP contribution is -2.38. The van der Waals surface area contributed by atoms with Crippen molar-refractivity contribution in [2.75, 3.05) is 19.6 Å². The molecule has 1 unspecified atom stereocenters. The zero-order valence-corrected chi connectivity index (χ0v) is 14.5. The summed E-state index contributed by atoms with van der Waals surface area (Å²) >= 11 is 0. The lowest BCUT2D eigenvalue weighted by atomic mass is 9.99. The van der Waals surface area contributed by atoms with Crippen LogP contribution in [0.5, 0.6) is 0 Å². The standard InChI is InChI=1S/C19H26N4O/c1-14-18(11-19(24)21-13-16-7-6-10-20-12-16)15(2)23(22-14)17-8-4-3-5-9-17/h3-5,8-9,16,20H,6-7,10-13H2,1-2H3,(H,21,24). The minimum atomic E-state index is 0.0828. The molecular formula is C19H26N4O. The van der Waals surface area contributed by atoms with Crippen LogP contribution in [0.2, 0.25) is 0 Å². The number of benzene rings is 1. The molecule has 1 aromatic heterocycles. The quantitative estimate of drug-likeness (QED) is 0.885. The van der Waals surface area contributed by atoms with Gasteiger partial charge in [0, 0.05) is 17.8 Å². The molecule has 0 radical (unpaired) electrons. The van der Waals surface area contributed by atoms with Gasteiger partial charge in [0.2, 0.25) is 5.91 Å². The van der Waals surface area contributed by atoms with E-state index in [9.17, 15) is 4.79 Å². The molecule has 3 rings (SSSR count). The minimum absolute atomic E-state index is 0.0828. The first-order valence-corrected chi connectivity index (χ1v) is 8.73. The van der Waals surface area contributed by atoms with Crippen LogP contribution in [0.3, 0.4) is 0 Å². The van der Waals surface area contributed by atoms with E-state index in [1.54, 1.807) is 0 Å². The molecule has 128 valence electrons. The average Bonchev–Trinajstić information content (AvgIpc) is 2.90. The predicted molar refractivity (Wildman–Crippen MR) is 95.3 cm³/mol. The van der Waals surface area contributed by atoms with Crippen molar-refractivity contribution in [3.8, 4) is 5.69 Å². The molecule has 1 aliphatic rings. The van der Waals surface area contributed by atoms with Crippen LogP contribution < -0.4 is 10.6 Å². The molecular weight excluding hydrogens is 300 g/mol. The highest BCUT2D eigenvalue weighted by Crippen LogP contribution is 2.18. The van der Waals surface area contributed by atoms with Gasteiger partial charge >= 0.3 is 0 Å². The molecule has 1 saturated heterocycles. The highest BCUT2D eigenvalue weighted by Gasteiger charge is 2.17. The van der Waals surface area contributed by atoms with Crippen LogP contribution in [0.1, 0.15) is 29.8 Å². The van der Waals surface area contributed by atoms with Crippen molar-refractivity contribution >= 4 is 5.91 Å². The first kappa shape index (κ1) is 16.7. The number of piperidine rings is 1. The molecule has 0 saturated carbocycles. The lowest BCUT2D eigenvalue weighted by molar-refractivity contribution is -0.120. The van der Waals surface area contributed by atoms with Crippen LogP contribution in [0.25, 0.3) is 5.69 Å². The summed E-state index contributed by atoms with van der Waals surface area (Å²) in [6.07, 6.45) is 2.78. The molecule has 2 N–H and O–H groups in total. The second-order valence-corrected chi connectivity index (χ2v) is 6.59. The molecule has 1 aromatic carbocycles. The Bertz CT molecular complexity index is 687. The maximum Gasteiger partial charge on any atom is 0.224 e. The van der Waals surface area contributed by atoms with Crippen LogP contribution in [0, 0.1) is 19.8 Å². The van der Waals surface area contributed by atoms with Gasteiger partial charge in [-0.2, -0.15) is 5.10 Å². The third-order valence-corrected chi connectivity index (χ3v) is 4.77. The van der Waals surface area contributed by atoms with Gasteiger partial charge in [-0.3, -0.25) is 4.79 Å². The van der Waals surface area contributed by atoms with Gasteiger partial charge in [-0.05, 0) is 57.8 Å². The summed E-state index contributed by atoms with van der Waals surface area (Å²) in [5.41, 5.74) is 4.01. The largest absolute Gasteiger partial charge is 0.355 e. The summed E-state index contributed by atoms with van der Waals surface area (Å²) in [6, 6.07) is 10.0. The molecule has 5 nitrogen and oxygen atoms in total. The molecule has 1 amide bonds. The van der Waals surface area contributed by atoms with Crippen molar-refractivity contribution in [2.45, 2.75) is 33.1 Å². The number of hydrogen-bond donors (Lipinski definition) is 2. The van der Waals surface area contributed by atoms with Crippen molar-refractivity contribution < 1.29 is 4.79 Å². The van der Waals surface area contributed by atoms with E-state index in [0.717, 1.165) is 42.3 Å². The topological polar surface area (TPSA) is 59.0 Å². The number of aromatic nitrogens is 2. The number of rotatable bonds is 5. The third-order valence-electron chi connectivity index (χ3n) is 4.77. The first-order valence-electron chi connectivity index (χ1n) is 8.73. The molecule has 2 aromatic rings. The van der Waals surface area contributed by atoms with Gasteiger partial charge < -0.3 is 10.6 Å². The molecule has 1 fully saturated rings. The SMILES string of the molecule is Cc1nn(-c2ccccc2)c(C)c1CC(=O)NCC1CCCNC1. The fraction of sp³-hybridized carbons (Fsp3) is 0.474. The van der Waals surface area contributed by atoms with Gasteiger partial charge in [0.05, 0.1) is 17.8 Å². The maximum atomic E-state index is 12.3. The van der Waals surface area contributed by atoms with E-state index in [1.165, 1.54) is 12.8 Å². The molecule has 0 spiro atoms.